The largest absolute Gasteiger partial charge is 0.345 e. The van der Waals surface area contributed by atoms with E-state index in [1.165, 1.54) is 11.3 Å². The summed E-state index contributed by atoms with van der Waals surface area (Å²) in [5.74, 6) is -0.196. The Balaban J connectivity index is 1.85. The number of aromatic amines is 1. The summed E-state index contributed by atoms with van der Waals surface area (Å²) >= 11 is 1.46. The van der Waals surface area contributed by atoms with Gasteiger partial charge in [0.2, 0.25) is 0 Å². The number of hydrogen-bond acceptors (Lipinski definition) is 4. The third-order valence-electron chi connectivity index (χ3n) is 2.53. The summed E-state index contributed by atoms with van der Waals surface area (Å²) in [5.41, 5.74) is 2.93. The summed E-state index contributed by atoms with van der Waals surface area (Å²) < 4.78 is 0. The van der Waals surface area contributed by atoms with Crippen molar-refractivity contribution in [3.05, 3.63) is 40.6 Å². The average Bonchev–Trinajstić information content (AvgIpc) is 2.96. The second kappa shape index (κ2) is 4.23. The molecule has 0 bridgehead atoms. The molecule has 3 rings (SSSR count). The van der Waals surface area contributed by atoms with Crippen molar-refractivity contribution in [2.45, 2.75) is 6.92 Å². The molecule has 2 aromatic heterocycles. The predicted molar refractivity (Wildman–Crippen MR) is 70.9 cm³/mol. The van der Waals surface area contributed by atoms with Crippen LogP contribution < -0.4 is 5.32 Å². The second-order valence-electron chi connectivity index (χ2n) is 3.84. The van der Waals surface area contributed by atoms with Crippen molar-refractivity contribution in [3.63, 3.8) is 0 Å². The number of carbonyl (C=O) groups excluding carboxylic acids is 1. The number of H-pyrrole nitrogens is 1. The zero-order valence-corrected chi connectivity index (χ0v) is 10.4. The number of nitrogens with one attached hydrogen (secondary N) is 2. The molecule has 6 heteroatoms. The Hall–Kier alpha value is -2.21. The lowest BCUT2D eigenvalue weighted by atomic mass is 10.2. The third kappa shape index (κ3) is 1.98. The van der Waals surface area contributed by atoms with Gasteiger partial charge in [0.05, 0.1) is 22.4 Å². The first-order valence-corrected chi connectivity index (χ1v) is 6.27. The van der Waals surface area contributed by atoms with Gasteiger partial charge in [-0.15, -0.1) is 11.3 Å². The molecule has 0 aliphatic rings. The number of hydrogen-bond donors (Lipinski definition) is 2. The van der Waals surface area contributed by atoms with Crippen LogP contribution >= 0.6 is 11.3 Å². The average molecular weight is 258 g/mol. The fourth-order valence-corrected chi connectivity index (χ4v) is 2.27. The van der Waals surface area contributed by atoms with Crippen molar-refractivity contribution in [1.29, 1.82) is 0 Å². The number of imidazole rings is 1. The molecule has 18 heavy (non-hydrogen) atoms. The highest BCUT2D eigenvalue weighted by Gasteiger charge is 2.09. The van der Waals surface area contributed by atoms with Gasteiger partial charge >= 0.3 is 0 Å². The lowest BCUT2D eigenvalue weighted by Crippen LogP contribution is -2.12. The zero-order valence-electron chi connectivity index (χ0n) is 9.60. The molecule has 0 spiro atoms. The fourth-order valence-electron chi connectivity index (χ4n) is 1.68. The highest BCUT2D eigenvalue weighted by molar-refractivity contribution is 7.09. The minimum absolute atomic E-state index is 0.196. The van der Waals surface area contributed by atoms with E-state index in [9.17, 15) is 4.79 Å². The predicted octanol–water partition coefficient (Wildman–Crippen LogP) is 2.58. The summed E-state index contributed by atoms with van der Waals surface area (Å²) in [6.45, 7) is 1.87. The van der Waals surface area contributed by atoms with E-state index in [1.54, 1.807) is 11.7 Å². The van der Waals surface area contributed by atoms with Crippen molar-refractivity contribution < 1.29 is 4.79 Å². The van der Waals surface area contributed by atoms with Gasteiger partial charge in [-0.05, 0) is 25.1 Å². The molecule has 0 aliphatic carbocycles. The molecule has 0 aliphatic heterocycles. The van der Waals surface area contributed by atoms with Crippen LogP contribution in [0.4, 0.5) is 5.69 Å². The highest BCUT2D eigenvalue weighted by atomic mass is 32.1. The Labute approximate surface area is 107 Å². The smallest absolute Gasteiger partial charge is 0.275 e. The molecular formula is C12H10N4OS. The van der Waals surface area contributed by atoms with Crippen LogP contribution in [0.2, 0.25) is 0 Å². The van der Waals surface area contributed by atoms with E-state index in [-0.39, 0.29) is 5.91 Å². The van der Waals surface area contributed by atoms with Crippen LogP contribution in [0.25, 0.3) is 11.0 Å². The molecule has 1 aromatic carbocycles. The molecule has 5 nitrogen and oxygen atoms in total. The first kappa shape index (κ1) is 10.9. The van der Waals surface area contributed by atoms with E-state index in [4.69, 9.17) is 0 Å². The van der Waals surface area contributed by atoms with E-state index in [1.807, 2.05) is 25.1 Å². The number of amides is 1. The second-order valence-corrected chi connectivity index (χ2v) is 4.90. The van der Waals surface area contributed by atoms with Crippen molar-refractivity contribution in [3.8, 4) is 0 Å². The molecule has 1 amide bonds. The lowest BCUT2D eigenvalue weighted by molar-refractivity contribution is 0.102. The topological polar surface area (TPSA) is 70.7 Å². The summed E-state index contributed by atoms with van der Waals surface area (Å²) in [4.78, 5) is 23.2. The molecule has 0 radical (unpaired) electrons. The van der Waals surface area contributed by atoms with Crippen LogP contribution in [0.15, 0.2) is 29.9 Å². The number of rotatable bonds is 2. The minimum Gasteiger partial charge on any atom is -0.345 e. The Morgan fingerprint density at radius 1 is 1.44 bits per heavy atom. The summed E-state index contributed by atoms with van der Waals surface area (Å²) in [5, 5.41) is 5.44. The Kier molecular flexibility index (Phi) is 2.56. The zero-order chi connectivity index (χ0) is 12.5. The van der Waals surface area contributed by atoms with Gasteiger partial charge < -0.3 is 10.3 Å². The van der Waals surface area contributed by atoms with Crippen molar-refractivity contribution >= 4 is 34.0 Å². The Morgan fingerprint density at radius 3 is 3.11 bits per heavy atom. The van der Waals surface area contributed by atoms with E-state index >= 15 is 0 Å². The van der Waals surface area contributed by atoms with Gasteiger partial charge in [0, 0.05) is 11.1 Å². The van der Waals surface area contributed by atoms with E-state index in [0.717, 1.165) is 21.7 Å². The minimum atomic E-state index is -0.196. The maximum absolute atomic E-state index is 11.9. The molecule has 0 fully saturated rings. The van der Waals surface area contributed by atoms with Crippen molar-refractivity contribution in [2.75, 3.05) is 5.32 Å². The number of benzene rings is 1. The Morgan fingerprint density at radius 2 is 2.33 bits per heavy atom. The molecule has 2 heterocycles. The molecule has 3 aromatic rings. The quantitative estimate of drug-likeness (QED) is 0.742. The summed E-state index contributed by atoms with van der Waals surface area (Å²) in [7, 11) is 0. The number of aryl methyl sites for hydroxylation is 1. The highest BCUT2D eigenvalue weighted by Crippen LogP contribution is 2.17. The van der Waals surface area contributed by atoms with Crippen LogP contribution in [0.1, 0.15) is 15.5 Å². The van der Waals surface area contributed by atoms with Crippen LogP contribution in [0.3, 0.4) is 0 Å². The number of carbonyl (C=O) groups is 1. The third-order valence-corrected chi connectivity index (χ3v) is 3.30. The van der Waals surface area contributed by atoms with E-state index < -0.39 is 0 Å². The van der Waals surface area contributed by atoms with Gasteiger partial charge in [-0.3, -0.25) is 4.79 Å². The number of nitrogens with zero attached hydrogens (tertiary/aromatic N) is 2. The van der Waals surface area contributed by atoms with Gasteiger partial charge in [-0.2, -0.15) is 0 Å². The molecule has 2 N–H and O–H groups in total. The summed E-state index contributed by atoms with van der Waals surface area (Å²) in [6.07, 6.45) is 1.63. The molecular weight excluding hydrogens is 248 g/mol. The number of fused-ring (bicyclic) bond motifs is 1. The summed E-state index contributed by atoms with van der Waals surface area (Å²) in [6, 6.07) is 5.52. The molecule has 90 valence electrons. The van der Waals surface area contributed by atoms with Crippen LogP contribution in [0, 0.1) is 6.92 Å². The number of aromatic nitrogens is 3. The normalized spacial score (nSPS) is 10.7. The first-order valence-electron chi connectivity index (χ1n) is 5.39. The van der Waals surface area contributed by atoms with Crippen LogP contribution in [-0.4, -0.2) is 20.9 Å². The maximum Gasteiger partial charge on any atom is 0.275 e. The molecule has 0 saturated carbocycles. The molecule has 0 atom stereocenters. The first-order chi connectivity index (χ1) is 8.72. The van der Waals surface area contributed by atoms with Crippen molar-refractivity contribution in [1.82, 2.24) is 15.0 Å². The van der Waals surface area contributed by atoms with Crippen molar-refractivity contribution in [2.24, 2.45) is 0 Å². The van der Waals surface area contributed by atoms with Crippen LogP contribution in [0.5, 0.6) is 0 Å². The fraction of sp³-hybridized carbons (Fsp3) is 0.0833. The molecule has 0 unspecified atom stereocenters. The van der Waals surface area contributed by atoms with Gasteiger partial charge in [-0.1, -0.05) is 0 Å². The van der Waals surface area contributed by atoms with E-state index in [2.05, 4.69) is 20.3 Å². The lowest BCUT2D eigenvalue weighted by Gasteiger charge is -2.02. The number of thiazole rings is 1. The maximum atomic E-state index is 11.9. The number of anilines is 1. The molecule has 0 saturated heterocycles. The van der Waals surface area contributed by atoms with E-state index in [0.29, 0.717) is 5.69 Å². The van der Waals surface area contributed by atoms with Crippen LogP contribution in [-0.2, 0) is 0 Å². The SMILES string of the molecule is Cc1nc(C(=O)Nc2ccc3nc[nH]c3c2)cs1. The van der Waals surface area contributed by atoms with Gasteiger partial charge in [-0.25, -0.2) is 9.97 Å². The Bertz CT molecular complexity index is 716. The van der Waals surface area contributed by atoms with Gasteiger partial charge in [0.1, 0.15) is 5.69 Å². The monoisotopic (exact) mass is 258 g/mol. The van der Waals surface area contributed by atoms with Gasteiger partial charge in [0.25, 0.3) is 5.91 Å². The standard InChI is InChI=1S/C12H10N4OS/c1-7-15-11(5-18-7)12(17)16-8-2-3-9-10(4-8)14-6-13-9/h2-6H,1H3,(H,13,14)(H,16,17). The van der Waals surface area contributed by atoms with Gasteiger partial charge in [0.15, 0.2) is 0 Å².